The Morgan fingerprint density at radius 1 is 1.22 bits per heavy atom. The molecule has 0 spiro atoms. The Bertz CT molecular complexity index is 742. The highest BCUT2D eigenvalue weighted by Crippen LogP contribution is 2.33. The molecule has 0 fully saturated rings. The highest BCUT2D eigenvalue weighted by molar-refractivity contribution is 6.11. The van der Waals surface area contributed by atoms with Gasteiger partial charge in [0.05, 0.1) is 0 Å². The first-order valence-electron chi connectivity index (χ1n) is 7.19. The first-order valence-corrected chi connectivity index (χ1v) is 7.19. The Labute approximate surface area is 134 Å². The average molecular weight is 314 g/mol. The number of ether oxygens (including phenoxy) is 1. The topological polar surface area (TPSA) is 80.7 Å². The van der Waals surface area contributed by atoms with Gasteiger partial charge in [-0.25, -0.2) is 4.79 Å². The van der Waals surface area contributed by atoms with Crippen LogP contribution in [0.4, 0.5) is 0 Å². The smallest absolute Gasteiger partial charge is 0.352 e. The summed E-state index contributed by atoms with van der Waals surface area (Å²) in [5, 5.41) is 9.45. The van der Waals surface area contributed by atoms with Gasteiger partial charge in [0.25, 0.3) is 0 Å². The number of hydrogen-bond donors (Lipinski definition) is 1. The molecule has 23 heavy (non-hydrogen) atoms. The zero-order valence-corrected chi connectivity index (χ0v) is 13.3. The second-order valence-corrected chi connectivity index (χ2v) is 5.62. The van der Waals surface area contributed by atoms with Crippen LogP contribution in [-0.4, -0.2) is 28.4 Å². The van der Waals surface area contributed by atoms with Crippen LogP contribution >= 0.6 is 0 Å². The van der Waals surface area contributed by atoms with Gasteiger partial charge in [-0.05, 0) is 31.6 Å². The van der Waals surface area contributed by atoms with E-state index < -0.39 is 17.5 Å². The molecule has 0 saturated heterocycles. The molecule has 0 aromatic heterocycles. The third-order valence-electron chi connectivity index (χ3n) is 3.82. The number of esters is 1. The summed E-state index contributed by atoms with van der Waals surface area (Å²) in [5.74, 6) is -2.11. The van der Waals surface area contributed by atoms with Crippen LogP contribution in [0, 0.1) is 6.92 Å². The summed E-state index contributed by atoms with van der Waals surface area (Å²) < 4.78 is 5.04. The molecule has 0 bridgehead atoms. The van der Waals surface area contributed by atoms with E-state index in [1.54, 1.807) is 25.1 Å². The normalized spacial score (nSPS) is 20.3. The lowest BCUT2D eigenvalue weighted by atomic mass is 9.83. The molecule has 5 heteroatoms. The quantitative estimate of drug-likeness (QED) is 0.683. The molecule has 1 aromatic rings. The maximum absolute atomic E-state index is 12.5. The van der Waals surface area contributed by atoms with Gasteiger partial charge in [-0.3, -0.25) is 9.59 Å². The first-order chi connectivity index (χ1) is 10.8. The molecule has 2 rings (SSSR count). The van der Waals surface area contributed by atoms with Crippen molar-refractivity contribution in [2.45, 2.75) is 32.8 Å². The number of benzene rings is 1. The van der Waals surface area contributed by atoms with E-state index in [1.165, 1.54) is 12.2 Å². The number of Topliss-reactive ketones (excluding diaryl/α,β-unsaturated/α-hetero) is 1. The van der Waals surface area contributed by atoms with Crippen LogP contribution in [0.3, 0.4) is 0 Å². The van der Waals surface area contributed by atoms with Crippen molar-refractivity contribution in [2.75, 3.05) is 0 Å². The van der Waals surface area contributed by atoms with E-state index in [4.69, 9.17) is 4.74 Å². The fourth-order valence-electron chi connectivity index (χ4n) is 2.60. The zero-order chi connectivity index (χ0) is 17.2. The fraction of sp³-hybridized carbons (Fsp3) is 0.278. The predicted molar refractivity (Wildman–Crippen MR) is 84.1 cm³/mol. The van der Waals surface area contributed by atoms with Crippen molar-refractivity contribution in [3.8, 4) is 0 Å². The van der Waals surface area contributed by atoms with Crippen LogP contribution in [0.25, 0.3) is 0 Å². The summed E-state index contributed by atoms with van der Waals surface area (Å²) in [5.41, 5.74) is 0.488. The standard InChI is InChI=1S/C18H18O5/c1-11-5-4-6-14(9-11)16(20)15-7-8-18(17(21)22,12(2)10-15)23-13(3)19/h4-7,9-10H,8H2,1-3H3,(H,21,22). The van der Waals surface area contributed by atoms with Crippen LogP contribution in [0.1, 0.15) is 36.2 Å². The Morgan fingerprint density at radius 3 is 2.43 bits per heavy atom. The van der Waals surface area contributed by atoms with E-state index in [2.05, 4.69) is 0 Å². The summed E-state index contributed by atoms with van der Waals surface area (Å²) >= 11 is 0. The summed E-state index contributed by atoms with van der Waals surface area (Å²) in [4.78, 5) is 35.4. The second kappa shape index (κ2) is 6.20. The molecule has 1 aliphatic carbocycles. The Kier molecular flexibility index (Phi) is 4.50. The van der Waals surface area contributed by atoms with E-state index >= 15 is 0 Å². The molecule has 0 amide bonds. The third kappa shape index (κ3) is 3.23. The molecule has 0 radical (unpaired) electrons. The lowest BCUT2D eigenvalue weighted by molar-refractivity contribution is -0.172. The number of carboxylic acid groups (broad SMARTS) is 1. The number of hydrogen-bond acceptors (Lipinski definition) is 4. The number of allylic oxidation sites excluding steroid dienone is 2. The SMILES string of the molecule is CC(=O)OC1(C(=O)O)CC=C(C(=O)c2cccc(C)c2)C=C1C. The minimum Gasteiger partial charge on any atom is -0.478 e. The number of rotatable bonds is 4. The fourth-order valence-corrected chi connectivity index (χ4v) is 2.60. The molecule has 1 atom stereocenters. The Morgan fingerprint density at radius 2 is 1.91 bits per heavy atom. The second-order valence-electron chi connectivity index (χ2n) is 5.62. The molecule has 0 saturated carbocycles. The lowest BCUT2D eigenvalue weighted by Gasteiger charge is -2.31. The van der Waals surface area contributed by atoms with Crippen LogP contribution in [0.15, 0.2) is 47.6 Å². The minimum atomic E-state index is -1.73. The van der Waals surface area contributed by atoms with Gasteiger partial charge < -0.3 is 9.84 Å². The minimum absolute atomic E-state index is 0.0723. The Balaban J connectivity index is 2.35. The molecule has 1 aromatic carbocycles. The number of aryl methyl sites for hydroxylation is 1. The van der Waals surface area contributed by atoms with Gasteiger partial charge in [0, 0.05) is 24.5 Å². The molecule has 1 unspecified atom stereocenters. The van der Waals surface area contributed by atoms with E-state index in [9.17, 15) is 19.5 Å². The molecule has 0 aliphatic heterocycles. The number of carbonyl (C=O) groups excluding carboxylic acids is 2. The average Bonchev–Trinajstić information content (AvgIpc) is 2.48. The van der Waals surface area contributed by atoms with Crippen molar-refractivity contribution >= 4 is 17.7 Å². The van der Waals surface area contributed by atoms with Crippen molar-refractivity contribution < 1.29 is 24.2 Å². The number of carbonyl (C=O) groups is 3. The van der Waals surface area contributed by atoms with Crippen molar-refractivity contribution in [1.82, 2.24) is 0 Å². The molecule has 120 valence electrons. The van der Waals surface area contributed by atoms with E-state index in [1.807, 2.05) is 13.0 Å². The van der Waals surface area contributed by atoms with Gasteiger partial charge in [0.2, 0.25) is 5.60 Å². The number of carboxylic acids is 1. The van der Waals surface area contributed by atoms with Gasteiger partial charge in [-0.15, -0.1) is 0 Å². The van der Waals surface area contributed by atoms with Crippen LogP contribution in [0.5, 0.6) is 0 Å². The summed E-state index contributed by atoms with van der Waals surface area (Å²) in [7, 11) is 0. The summed E-state index contributed by atoms with van der Waals surface area (Å²) in [6.07, 6.45) is 2.91. The molecular weight excluding hydrogens is 296 g/mol. The van der Waals surface area contributed by atoms with E-state index in [0.29, 0.717) is 16.7 Å². The monoisotopic (exact) mass is 314 g/mol. The van der Waals surface area contributed by atoms with Crippen molar-refractivity contribution in [3.63, 3.8) is 0 Å². The molecule has 0 heterocycles. The van der Waals surface area contributed by atoms with Gasteiger partial charge in [-0.1, -0.05) is 29.8 Å². The lowest BCUT2D eigenvalue weighted by Crippen LogP contribution is -2.45. The van der Waals surface area contributed by atoms with Crippen LogP contribution in [-0.2, 0) is 14.3 Å². The summed E-state index contributed by atoms with van der Waals surface area (Å²) in [6, 6.07) is 7.17. The summed E-state index contributed by atoms with van der Waals surface area (Å²) in [6.45, 7) is 4.60. The van der Waals surface area contributed by atoms with Crippen LogP contribution in [0.2, 0.25) is 0 Å². The van der Waals surface area contributed by atoms with Crippen molar-refractivity contribution in [1.29, 1.82) is 0 Å². The van der Waals surface area contributed by atoms with E-state index in [-0.39, 0.29) is 12.2 Å². The maximum Gasteiger partial charge on any atom is 0.352 e. The Hall–Kier alpha value is -2.69. The van der Waals surface area contributed by atoms with Crippen molar-refractivity contribution in [2.24, 2.45) is 0 Å². The third-order valence-corrected chi connectivity index (χ3v) is 3.82. The molecular formula is C18H18O5. The molecule has 1 N–H and O–H groups in total. The van der Waals surface area contributed by atoms with Crippen molar-refractivity contribution in [3.05, 3.63) is 58.7 Å². The van der Waals surface area contributed by atoms with Gasteiger partial charge >= 0.3 is 11.9 Å². The first kappa shape index (κ1) is 16.7. The van der Waals surface area contributed by atoms with E-state index in [0.717, 1.165) is 12.5 Å². The number of ketones is 1. The predicted octanol–water partition coefficient (Wildman–Crippen LogP) is 2.84. The highest BCUT2D eigenvalue weighted by Gasteiger charge is 2.45. The zero-order valence-electron chi connectivity index (χ0n) is 13.3. The van der Waals surface area contributed by atoms with Gasteiger partial charge in [0.15, 0.2) is 5.78 Å². The molecule has 5 nitrogen and oxygen atoms in total. The van der Waals surface area contributed by atoms with Crippen LogP contribution < -0.4 is 0 Å². The number of aliphatic carboxylic acids is 1. The van der Waals surface area contributed by atoms with Gasteiger partial charge in [-0.2, -0.15) is 0 Å². The largest absolute Gasteiger partial charge is 0.478 e. The molecule has 1 aliphatic rings. The maximum atomic E-state index is 12.5. The van der Waals surface area contributed by atoms with Gasteiger partial charge in [0.1, 0.15) is 0 Å². The highest BCUT2D eigenvalue weighted by atomic mass is 16.6.